The van der Waals surface area contributed by atoms with E-state index < -0.39 is 0 Å². The number of hydrogen-bond donors (Lipinski definition) is 1. The summed E-state index contributed by atoms with van der Waals surface area (Å²) in [6.07, 6.45) is 5.80. The third-order valence-corrected chi connectivity index (χ3v) is 2.89. The van der Waals surface area contributed by atoms with Crippen molar-refractivity contribution in [1.82, 2.24) is 19.5 Å². The molecule has 96 valence electrons. The van der Waals surface area contributed by atoms with Crippen LogP contribution in [-0.4, -0.2) is 26.6 Å². The van der Waals surface area contributed by atoms with Gasteiger partial charge in [0.2, 0.25) is 0 Å². The third kappa shape index (κ3) is 2.20. The molecule has 18 heavy (non-hydrogen) atoms. The summed E-state index contributed by atoms with van der Waals surface area (Å²) in [5.74, 6) is 3.58. The molecule has 0 aliphatic carbocycles. The van der Waals surface area contributed by atoms with Crippen molar-refractivity contribution in [3.63, 3.8) is 0 Å². The Hall–Kier alpha value is -1.91. The van der Waals surface area contributed by atoms with E-state index in [4.69, 9.17) is 0 Å². The van der Waals surface area contributed by atoms with Crippen molar-refractivity contribution < 1.29 is 0 Å². The molecule has 0 fully saturated rings. The Kier molecular flexibility index (Phi) is 3.60. The molecule has 5 nitrogen and oxygen atoms in total. The first kappa shape index (κ1) is 12.5. The quantitative estimate of drug-likeness (QED) is 0.897. The summed E-state index contributed by atoms with van der Waals surface area (Å²) < 4.78 is 2.05. The van der Waals surface area contributed by atoms with Gasteiger partial charge in [-0.3, -0.25) is 4.57 Å². The Morgan fingerprint density at radius 1 is 1.28 bits per heavy atom. The zero-order valence-electron chi connectivity index (χ0n) is 11.4. The van der Waals surface area contributed by atoms with Gasteiger partial charge in [0.15, 0.2) is 0 Å². The van der Waals surface area contributed by atoms with Crippen LogP contribution in [0.5, 0.6) is 0 Å². The SMILES string of the molecule is CCCc1nccn1-c1nc(C)nc(NC)c1C. The second kappa shape index (κ2) is 5.16. The Balaban J connectivity index is 2.56. The average molecular weight is 245 g/mol. The standard InChI is InChI=1S/C13H19N5/c1-5-6-11-15-7-8-18(11)13-9(2)12(14-4)16-10(3)17-13/h7-8H,5-6H2,1-4H3,(H,14,16,17). The first-order valence-electron chi connectivity index (χ1n) is 6.23. The van der Waals surface area contributed by atoms with Crippen LogP contribution in [0.3, 0.4) is 0 Å². The lowest BCUT2D eigenvalue weighted by molar-refractivity contribution is 0.788. The lowest BCUT2D eigenvalue weighted by atomic mass is 10.2. The van der Waals surface area contributed by atoms with Crippen LogP contribution < -0.4 is 5.32 Å². The molecule has 5 heteroatoms. The van der Waals surface area contributed by atoms with Gasteiger partial charge < -0.3 is 5.32 Å². The summed E-state index contributed by atoms with van der Waals surface area (Å²) in [7, 11) is 1.87. The van der Waals surface area contributed by atoms with Crippen molar-refractivity contribution >= 4 is 5.82 Å². The number of nitrogens with zero attached hydrogens (tertiary/aromatic N) is 4. The van der Waals surface area contributed by atoms with Crippen LogP contribution in [0.4, 0.5) is 5.82 Å². The van der Waals surface area contributed by atoms with Crippen molar-refractivity contribution in [2.75, 3.05) is 12.4 Å². The Bertz CT molecular complexity index is 544. The predicted octanol–water partition coefficient (Wildman–Crippen LogP) is 2.27. The van der Waals surface area contributed by atoms with E-state index >= 15 is 0 Å². The van der Waals surface area contributed by atoms with Gasteiger partial charge in [0, 0.05) is 31.4 Å². The van der Waals surface area contributed by atoms with Crippen LogP contribution in [0.2, 0.25) is 0 Å². The summed E-state index contributed by atoms with van der Waals surface area (Å²) in [6.45, 7) is 6.08. The van der Waals surface area contributed by atoms with Gasteiger partial charge in [-0.1, -0.05) is 6.92 Å². The Morgan fingerprint density at radius 3 is 2.72 bits per heavy atom. The molecule has 2 rings (SSSR count). The van der Waals surface area contributed by atoms with E-state index in [-0.39, 0.29) is 0 Å². The van der Waals surface area contributed by atoms with Crippen LogP contribution in [-0.2, 0) is 6.42 Å². The van der Waals surface area contributed by atoms with Crippen LogP contribution in [0.25, 0.3) is 5.82 Å². The predicted molar refractivity (Wildman–Crippen MR) is 72.2 cm³/mol. The lowest BCUT2D eigenvalue weighted by Gasteiger charge is -2.13. The molecule has 0 amide bonds. The van der Waals surface area contributed by atoms with E-state index in [9.17, 15) is 0 Å². The zero-order chi connectivity index (χ0) is 13.1. The number of anilines is 1. The second-order valence-corrected chi connectivity index (χ2v) is 4.28. The number of aromatic nitrogens is 4. The molecule has 0 radical (unpaired) electrons. The molecule has 0 aliphatic rings. The van der Waals surface area contributed by atoms with Gasteiger partial charge in [-0.25, -0.2) is 15.0 Å². The maximum Gasteiger partial charge on any atom is 0.146 e. The zero-order valence-corrected chi connectivity index (χ0v) is 11.4. The van der Waals surface area contributed by atoms with Gasteiger partial charge in [-0.2, -0.15) is 0 Å². The van der Waals surface area contributed by atoms with Crippen LogP contribution >= 0.6 is 0 Å². The van der Waals surface area contributed by atoms with Gasteiger partial charge >= 0.3 is 0 Å². The number of imidazole rings is 1. The smallest absolute Gasteiger partial charge is 0.146 e. The highest BCUT2D eigenvalue weighted by Crippen LogP contribution is 2.20. The van der Waals surface area contributed by atoms with Gasteiger partial charge in [0.05, 0.1) is 0 Å². The van der Waals surface area contributed by atoms with E-state index in [2.05, 4.69) is 27.2 Å². The minimum absolute atomic E-state index is 0.760. The van der Waals surface area contributed by atoms with E-state index in [0.717, 1.165) is 41.7 Å². The van der Waals surface area contributed by atoms with Crippen molar-refractivity contribution in [3.8, 4) is 5.82 Å². The average Bonchev–Trinajstić information content (AvgIpc) is 2.80. The molecule has 0 spiro atoms. The molecule has 0 atom stereocenters. The van der Waals surface area contributed by atoms with E-state index in [1.165, 1.54) is 0 Å². The molecule has 2 heterocycles. The largest absolute Gasteiger partial charge is 0.373 e. The second-order valence-electron chi connectivity index (χ2n) is 4.28. The molecule has 0 bridgehead atoms. The highest BCUT2D eigenvalue weighted by atomic mass is 15.2. The van der Waals surface area contributed by atoms with Gasteiger partial charge in [-0.05, 0) is 20.3 Å². The number of rotatable bonds is 4. The fourth-order valence-corrected chi connectivity index (χ4v) is 2.03. The summed E-state index contributed by atoms with van der Waals surface area (Å²) >= 11 is 0. The minimum atomic E-state index is 0.760. The molecule has 0 aromatic carbocycles. The van der Waals surface area contributed by atoms with Crippen molar-refractivity contribution in [2.45, 2.75) is 33.6 Å². The highest BCUT2D eigenvalue weighted by molar-refractivity contribution is 5.51. The van der Waals surface area contributed by atoms with Gasteiger partial charge in [-0.15, -0.1) is 0 Å². The third-order valence-electron chi connectivity index (χ3n) is 2.89. The molecule has 1 N–H and O–H groups in total. The fourth-order valence-electron chi connectivity index (χ4n) is 2.03. The Morgan fingerprint density at radius 2 is 2.06 bits per heavy atom. The summed E-state index contributed by atoms with van der Waals surface area (Å²) in [4.78, 5) is 13.3. The monoisotopic (exact) mass is 245 g/mol. The van der Waals surface area contributed by atoms with Crippen LogP contribution in [0.1, 0.15) is 30.6 Å². The number of nitrogens with one attached hydrogen (secondary N) is 1. The first-order chi connectivity index (χ1) is 8.67. The van der Waals surface area contributed by atoms with E-state index in [1.807, 2.05) is 37.9 Å². The molecule has 0 saturated carbocycles. The van der Waals surface area contributed by atoms with Gasteiger partial charge in [0.1, 0.15) is 23.3 Å². The maximum absolute atomic E-state index is 4.54. The molecule has 0 aliphatic heterocycles. The fraction of sp³-hybridized carbons (Fsp3) is 0.462. The van der Waals surface area contributed by atoms with Crippen molar-refractivity contribution in [3.05, 3.63) is 29.6 Å². The number of hydrogen-bond acceptors (Lipinski definition) is 4. The lowest BCUT2D eigenvalue weighted by Crippen LogP contribution is -2.09. The van der Waals surface area contributed by atoms with Gasteiger partial charge in [0.25, 0.3) is 0 Å². The minimum Gasteiger partial charge on any atom is -0.373 e. The molecule has 0 unspecified atom stereocenters. The van der Waals surface area contributed by atoms with Crippen molar-refractivity contribution in [2.24, 2.45) is 0 Å². The molecule has 0 saturated heterocycles. The molecular weight excluding hydrogens is 226 g/mol. The van der Waals surface area contributed by atoms with E-state index in [0.29, 0.717) is 0 Å². The summed E-state index contributed by atoms with van der Waals surface area (Å²) in [6, 6.07) is 0. The van der Waals surface area contributed by atoms with Crippen molar-refractivity contribution in [1.29, 1.82) is 0 Å². The molecular formula is C13H19N5. The maximum atomic E-state index is 4.54. The van der Waals surface area contributed by atoms with Crippen LogP contribution in [0.15, 0.2) is 12.4 Å². The molecule has 2 aromatic rings. The summed E-state index contributed by atoms with van der Waals surface area (Å²) in [5.41, 5.74) is 1.04. The summed E-state index contributed by atoms with van der Waals surface area (Å²) in [5, 5.41) is 3.11. The number of aryl methyl sites for hydroxylation is 2. The first-order valence-corrected chi connectivity index (χ1v) is 6.23. The molecule has 2 aromatic heterocycles. The topological polar surface area (TPSA) is 55.6 Å². The normalized spacial score (nSPS) is 10.7. The highest BCUT2D eigenvalue weighted by Gasteiger charge is 2.12. The van der Waals surface area contributed by atoms with E-state index in [1.54, 1.807) is 0 Å². The van der Waals surface area contributed by atoms with Crippen LogP contribution in [0, 0.1) is 13.8 Å². The Labute approximate surface area is 107 Å².